The fourth-order valence-corrected chi connectivity index (χ4v) is 1.31. The summed E-state index contributed by atoms with van der Waals surface area (Å²) in [6, 6.07) is 0. The zero-order chi connectivity index (χ0) is 8.43. The van der Waals surface area contributed by atoms with Crippen LogP contribution in [-0.2, 0) is 0 Å². The average molecular weight is 215 g/mol. The molecule has 3 heteroatoms. The Bertz CT molecular complexity index is 258. The second kappa shape index (κ2) is 3.30. The number of aromatic nitrogens is 2. The monoisotopic (exact) mass is 214 g/mol. The van der Waals surface area contributed by atoms with Crippen LogP contribution in [0.25, 0.3) is 0 Å². The van der Waals surface area contributed by atoms with E-state index >= 15 is 0 Å². The quantitative estimate of drug-likeness (QED) is 0.673. The summed E-state index contributed by atoms with van der Waals surface area (Å²) in [7, 11) is 0. The zero-order valence-electron chi connectivity index (χ0n) is 6.93. The van der Waals surface area contributed by atoms with Crippen LogP contribution in [-0.4, -0.2) is 9.97 Å². The molecule has 1 aromatic heterocycles. The highest BCUT2D eigenvalue weighted by Crippen LogP contribution is 2.16. The summed E-state index contributed by atoms with van der Waals surface area (Å²) in [5.74, 6) is 0.467. The Morgan fingerprint density at radius 2 is 2.09 bits per heavy atom. The van der Waals surface area contributed by atoms with Gasteiger partial charge in [-0.25, -0.2) is 9.97 Å². The van der Waals surface area contributed by atoms with Crippen LogP contribution >= 0.6 is 15.9 Å². The molecule has 1 heterocycles. The lowest BCUT2D eigenvalue weighted by Crippen LogP contribution is -1.98. The van der Waals surface area contributed by atoms with Crippen molar-refractivity contribution >= 4 is 15.9 Å². The van der Waals surface area contributed by atoms with E-state index in [1.807, 2.05) is 13.1 Å². The van der Waals surface area contributed by atoms with Crippen LogP contribution in [0.2, 0.25) is 0 Å². The largest absolute Gasteiger partial charge is 0.230 e. The SMILES string of the molecule is Cc1cnc(Br)nc1C(C)C. The third-order valence-corrected chi connectivity index (χ3v) is 1.91. The van der Waals surface area contributed by atoms with Crippen LogP contribution in [0.15, 0.2) is 10.9 Å². The van der Waals surface area contributed by atoms with Crippen LogP contribution < -0.4 is 0 Å². The molecule has 0 saturated carbocycles. The summed E-state index contributed by atoms with van der Waals surface area (Å²) in [4.78, 5) is 8.31. The first-order chi connectivity index (χ1) is 5.11. The van der Waals surface area contributed by atoms with Crippen molar-refractivity contribution in [2.24, 2.45) is 0 Å². The Hall–Kier alpha value is -0.440. The smallest absolute Gasteiger partial charge is 0.196 e. The summed E-state index contributed by atoms with van der Waals surface area (Å²) >= 11 is 3.24. The topological polar surface area (TPSA) is 25.8 Å². The van der Waals surface area contributed by atoms with Gasteiger partial charge in [-0.3, -0.25) is 0 Å². The highest BCUT2D eigenvalue weighted by molar-refractivity contribution is 9.10. The summed E-state index contributed by atoms with van der Waals surface area (Å²) < 4.78 is 0.673. The van der Waals surface area contributed by atoms with Crippen molar-refractivity contribution in [3.05, 3.63) is 22.2 Å². The van der Waals surface area contributed by atoms with E-state index in [1.165, 1.54) is 0 Å². The van der Waals surface area contributed by atoms with Gasteiger partial charge in [-0.2, -0.15) is 0 Å². The summed E-state index contributed by atoms with van der Waals surface area (Å²) in [5, 5.41) is 0. The number of hydrogen-bond donors (Lipinski definition) is 0. The molecule has 0 aliphatic carbocycles. The number of halogens is 1. The molecule has 1 aromatic rings. The number of nitrogens with zero attached hydrogens (tertiary/aromatic N) is 2. The Labute approximate surface area is 75.2 Å². The number of hydrogen-bond acceptors (Lipinski definition) is 2. The van der Waals surface area contributed by atoms with Crippen molar-refractivity contribution in [1.82, 2.24) is 9.97 Å². The lowest BCUT2D eigenvalue weighted by molar-refractivity contribution is 0.794. The van der Waals surface area contributed by atoms with Crippen LogP contribution in [0.3, 0.4) is 0 Å². The third-order valence-electron chi connectivity index (χ3n) is 1.53. The van der Waals surface area contributed by atoms with E-state index in [2.05, 4.69) is 39.7 Å². The first-order valence-electron chi connectivity index (χ1n) is 3.60. The van der Waals surface area contributed by atoms with Crippen molar-refractivity contribution in [2.75, 3.05) is 0 Å². The molecule has 0 aliphatic rings. The zero-order valence-corrected chi connectivity index (χ0v) is 8.51. The summed E-state index contributed by atoms with van der Waals surface area (Å²) in [6.07, 6.45) is 1.84. The Morgan fingerprint density at radius 3 is 2.55 bits per heavy atom. The third kappa shape index (κ3) is 1.99. The highest BCUT2D eigenvalue weighted by atomic mass is 79.9. The molecule has 1 rings (SSSR count). The lowest BCUT2D eigenvalue weighted by Gasteiger charge is -2.06. The van der Waals surface area contributed by atoms with Crippen molar-refractivity contribution in [3.63, 3.8) is 0 Å². The number of rotatable bonds is 1. The molecule has 0 amide bonds. The van der Waals surface area contributed by atoms with Crippen LogP contribution in [0.5, 0.6) is 0 Å². The van der Waals surface area contributed by atoms with E-state index in [0.29, 0.717) is 10.7 Å². The minimum Gasteiger partial charge on any atom is -0.230 e. The van der Waals surface area contributed by atoms with Gasteiger partial charge >= 0.3 is 0 Å². The van der Waals surface area contributed by atoms with Crippen LogP contribution in [0.4, 0.5) is 0 Å². The Morgan fingerprint density at radius 1 is 1.45 bits per heavy atom. The number of aryl methyl sites for hydroxylation is 1. The molecule has 0 atom stereocenters. The summed E-state index contributed by atoms with van der Waals surface area (Å²) in [6.45, 7) is 6.28. The van der Waals surface area contributed by atoms with Gasteiger partial charge < -0.3 is 0 Å². The van der Waals surface area contributed by atoms with E-state index in [1.54, 1.807) is 0 Å². The first-order valence-corrected chi connectivity index (χ1v) is 4.39. The van der Waals surface area contributed by atoms with E-state index in [0.717, 1.165) is 11.3 Å². The molecule has 0 unspecified atom stereocenters. The molecule has 0 saturated heterocycles. The van der Waals surface area contributed by atoms with Gasteiger partial charge in [0.2, 0.25) is 0 Å². The second-order valence-corrected chi connectivity index (χ2v) is 3.57. The molecule has 0 aliphatic heterocycles. The van der Waals surface area contributed by atoms with E-state index < -0.39 is 0 Å². The highest BCUT2D eigenvalue weighted by Gasteiger charge is 2.05. The molecule has 0 spiro atoms. The van der Waals surface area contributed by atoms with Gasteiger partial charge in [-0.05, 0) is 34.3 Å². The molecule has 0 fully saturated rings. The molecule has 0 bridgehead atoms. The minimum atomic E-state index is 0.467. The minimum absolute atomic E-state index is 0.467. The van der Waals surface area contributed by atoms with E-state index in [-0.39, 0.29) is 0 Å². The molecule has 60 valence electrons. The van der Waals surface area contributed by atoms with Gasteiger partial charge in [0.1, 0.15) is 0 Å². The molecule has 2 nitrogen and oxygen atoms in total. The molecule has 0 radical (unpaired) electrons. The van der Waals surface area contributed by atoms with Crippen molar-refractivity contribution in [3.8, 4) is 0 Å². The van der Waals surface area contributed by atoms with E-state index in [9.17, 15) is 0 Å². The van der Waals surface area contributed by atoms with Crippen molar-refractivity contribution in [2.45, 2.75) is 26.7 Å². The van der Waals surface area contributed by atoms with Gasteiger partial charge in [0, 0.05) is 6.20 Å². The second-order valence-electron chi connectivity index (χ2n) is 2.86. The van der Waals surface area contributed by atoms with Crippen LogP contribution in [0, 0.1) is 6.92 Å². The standard InChI is InChI=1S/C8H11BrN2/c1-5(2)7-6(3)4-10-8(9)11-7/h4-5H,1-3H3. The average Bonchev–Trinajstić information content (AvgIpc) is 1.94. The molecular weight excluding hydrogens is 204 g/mol. The molecular formula is C8H11BrN2. The predicted molar refractivity (Wildman–Crippen MR) is 48.6 cm³/mol. The molecule has 0 aromatic carbocycles. The van der Waals surface area contributed by atoms with Gasteiger partial charge in [0.25, 0.3) is 0 Å². The fraction of sp³-hybridized carbons (Fsp3) is 0.500. The fourth-order valence-electron chi connectivity index (χ4n) is 1.02. The maximum atomic E-state index is 4.28. The van der Waals surface area contributed by atoms with E-state index in [4.69, 9.17) is 0 Å². The lowest BCUT2D eigenvalue weighted by atomic mass is 10.1. The van der Waals surface area contributed by atoms with Crippen molar-refractivity contribution < 1.29 is 0 Å². The Balaban J connectivity index is 3.13. The predicted octanol–water partition coefficient (Wildman–Crippen LogP) is 2.67. The van der Waals surface area contributed by atoms with Gasteiger partial charge in [0.05, 0.1) is 5.69 Å². The van der Waals surface area contributed by atoms with Gasteiger partial charge in [-0.1, -0.05) is 13.8 Å². The van der Waals surface area contributed by atoms with Crippen LogP contribution in [0.1, 0.15) is 31.0 Å². The first kappa shape index (κ1) is 8.65. The Kier molecular flexibility index (Phi) is 2.60. The molecule has 11 heavy (non-hydrogen) atoms. The summed E-state index contributed by atoms with van der Waals surface area (Å²) in [5.41, 5.74) is 2.27. The maximum Gasteiger partial charge on any atom is 0.196 e. The van der Waals surface area contributed by atoms with Gasteiger partial charge in [0.15, 0.2) is 4.73 Å². The van der Waals surface area contributed by atoms with Gasteiger partial charge in [-0.15, -0.1) is 0 Å². The van der Waals surface area contributed by atoms with Crippen molar-refractivity contribution in [1.29, 1.82) is 0 Å². The normalized spacial score (nSPS) is 10.6. The molecule has 0 N–H and O–H groups in total. The maximum absolute atomic E-state index is 4.28.